The van der Waals surface area contributed by atoms with Crippen LogP contribution < -0.4 is 0 Å². The zero-order valence-corrected chi connectivity index (χ0v) is 8.46. The first-order valence-corrected chi connectivity index (χ1v) is 5.56. The molecule has 0 spiro atoms. The first kappa shape index (κ1) is 9.52. The molecule has 1 aromatic rings. The molecular formula is C10H11NO2S. The van der Waals surface area contributed by atoms with E-state index in [1.807, 2.05) is 6.07 Å². The van der Waals surface area contributed by atoms with Gasteiger partial charge in [-0.1, -0.05) is 0 Å². The first-order chi connectivity index (χ1) is 6.75. The van der Waals surface area contributed by atoms with Crippen molar-refractivity contribution in [2.45, 2.75) is 17.7 Å². The van der Waals surface area contributed by atoms with Crippen molar-refractivity contribution in [3.05, 3.63) is 24.0 Å². The van der Waals surface area contributed by atoms with Crippen LogP contribution in [0.3, 0.4) is 0 Å². The molecule has 1 aliphatic carbocycles. The minimum Gasteiger partial charge on any atom is -0.477 e. The molecule has 4 heteroatoms. The van der Waals surface area contributed by atoms with E-state index in [0.717, 1.165) is 16.6 Å². The van der Waals surface area contributed by atoms with Crippen LogP contribution in [0.25, 0.3) is 0 Å². The second-order valence-corrected chi connectivity index (χ2v) is 4.53. The molecule has 0 radical (unpaired) electrons. The molecule has 0 bridgehead atoms. The van der Waals surface area contributed by atoms with Crippen LogP contribution in [0, 0.1) is 5.92 Å². The topological polar surface area (TPSA) is 50.2 Å². The van der Waals surface area contributed by atoms with Crippen molar-refractivity contribution in [1.82, 2.24) is 4.98 Å². The number of pyridine rings is 1. The first-order valence-electron chi connectivity index (χ1n) is 4.58. The third-order valence-corrected chi connectivity index (χ3v) is 3.36. The fraction of sp³-hybridized carbons (Fsp3) is 0.400. The van der Waals surface area contributed by atoms with E-state index in [1.165, 1.54) is 12.8 Å². The maximum absolute atomic E-state index is 10.6. The fourth-order valence-electron chi connectivity index (χ4n) is 1.12. The number of nitrogens with zero attached hydrogens (tertiary/aromatic N) is 1. The molecule has 0 saturated heterocycles. The Balaban J connectivity index is 2.01. The zero-order chi connectivity index (χ0) is 9.97. The van der Waals surface area contributed by atoms with Crippen molar-refractivity contribution < 1.29 is 9.90 Å². The van der Waals surface area contributed by atoms with E-state index in [0.29, 0.717) is 0 Å². The molecule has 1 saturated carbocycles. The summed E-state index contributed by atoms with van der Waals surface area (Å²) in [7, 11) is 0. The highest BCUT2D eigenvalue weighted by molar-refractivity contribution is 7.99. The van der Waals surface area contributed by atoms with Crippen LogP contribution in [0.15, 0.2) is 23.2 Å². The van der Waals surface area contributed by atoms with E-state index in [-0.39, 0.29) is 5.69 Å². The lowest BCUT2D eigenvalue weighted by atomic mass is 10.3. The van der Waals surface area contributed by atoms with Gasteiger partial charge in [-0.2, -0.15) is 0 Å². The van der Waals surface area contributed by atoms with Gasteiger partial charge in [0.2, 0.25) is 0 Å². The third-order valence-electron chi connectivity index (χ3n) is 2.13. The Bertz CT molecular complexity index is 350. The van der Waals surface area contributed by atoms with Crippen LogP contribution >= 0.6 is 11.8 Å². The van der Waals surface area contributed by atoms with Gasteiger partial charge in [0.15, 0.2) is 0 Å². The van der Waals surface area contributed by atoms with Gasteiger partial charge in [0.25, 0.3) is 0 Å². The molecule has 74 valence electrons. The predicted octanol–water partition coefficient (Wildman–Crippen LogP) is 2.28. The molecule has 0 aliphatic heterocycles. The number of aromatic carboxylic acids is 1. The molecule has 1 heterocycles. The molecule has 1 N–H and O–H groups in total. The number of thioether (sulfide) groups is 1. The highest BCUT2D eigenvalue weighted by Crippen LogP contribution is 2.34. The maximum Gasteiger partial charge on any atom is 0.354 e. The SMILES string of the molecule is O=C(O)c1cc(SCC2CC2)ccn1. The van der Waals surface area contributed by atoms with E-state index >= 15 is 0 Å². The number of aromatic nitrogens is 1. The molecule has 0 atom stereocenters. The lowest BCUT2D eigenvalue weighted by Gasteiger charge is -2.00. The summed E-state index contributed by atoms with van der Waals surface area (Å²) in [5, 5.41) is 8.73. The van der Waals surface area contributed by atoms with Gasteiger partial charge < -0.3 is 5.11 Å². The van der Waals surface area contributed by atoms with Crippen LogP contribution in [0.1, 0.15) is 23.3 Å². The second kappa shape index (κ2) is 4.00. The lowest BCUT2D eigenvalue weighted by Crippen LogP contribution is -1.99. The monoisotopic (exact) mass is 209 g/mol. The van der Waals surface area contributed by atoms with E-state index in [2.05, 4.69) is 4.98 Å². The van der Waals surface area contributed by atoms with Gasteiger partial charge in [0.1, 0.15) is 5.69 Å². The minimum atomic E-state index is -0.959. The summed E-state index contributed by atoms with van der Waals surface area (Å²) in [6, 6.07) is 3.49. The van der Waals surface area contributed by atoms with Crippen molar-refractivity contribution in [3.63, 3.8) is 0 Å². The average molecular weight is 209 g/mol. The quantitative estimate of drug-likeness (QED) is 0.773. The van der Waals surface area contributed by atoms with Gasteiger partial charge in [-0.25, -0.2) is 9.78 Å². The molecular weight excluding hydrogens is 198 g/mol. The van der Waals surface area contributed by atoms with Gasteiger partial charge in [-0.3, -0.25) is 0 Å². The molecule has 1 aromatic heterocycles. The van der Waals surface area contributed by atoms with Crippen molar-refractivity contribution in [2.24, 2.45) is 5.92 Å². The second-order valence-electron chi connectivity index (χ2n) is 3.44. The van der Waals surface area contributed by atoms with Crippen LogP contribution in [0.2, 0.25) is 0 Å². The van der Waals surface area contributed by atoms with E-state index in [4.69, 9.17) is 5.11 Å². The summed E-state index contributed by atoms with van der Waals surface area (Å²) in [5.74, 6) is 0.989. The van der Waals surface area contributed by atoms with E-state index < -0.39 is 5.97 Å². The smallest absolute Gasteiger partial charge is 0.354 e. The molecule has 1 fully saturated rings. The maximum atomic E-state index is 10.6. The van der Waals surface area contributed by atoms with Crippen LogP contribution in [0.4, 0.5) is 0 Å². The third kappa shape index (κ3) is 2.48. The van der Waals surface area contributed by atoms with Gasteiger partial charge in [0, 0.05) is 16.8 Å². The Morgan fingerprint density at radius 3 is 3.07 bits per heavy atom. The molecule has 0 aromatic carbocycles. The lowest BCUT2D eigenvalue weighted by molar-refractivity contribution is 0.0690. The Morgan fingerprint density at radius 1 is 1.64 bits per heavy atom. The summed E-state index contributed by atoms with van der Waals surface area (Å²) in [5.41, 5.74) is 0.130. The highest BCUT2D eigenvalue weighted by Gasteiger charge is 2.21. The van der Waals surface area contributed by atoms with Crippen LogP contribution in [-0.4, -0.2) is 21.8 Å². The Labute approximate surface area is 86.5 Å². The van der Waals surface area contributed by atoms with E-state index in [1.54, 1.807) is 24.0 Å². The van der Waals surface area contributed by atoms with Crippen molar-refractivity contribution in [2.75, 3.05) is 5.75 Å². The molecule has 14 heavy (non-hydrogen) atoms. The number of hydrogen-bond acceptors (Lipinski definition) is 3. The Hall–Kier alpha value is -1.03. The van der Waals surface area contributed by atoms with Crippen molar-refractivity contribution in [3.8, 4) is 0 Å². The van der Waals surface area contributed by atoms with E-state index in [9.17, 15) is 4.79 Å². The van der Waals surface area contributed by atoms with Gasteiger partial charge in [-0.15, -0.1) is 11.8 Å². The Morgan fingerprint density at radius 2 is 2.43 bits per heavy atom. The molecule has 1 aliphatic rings. The molecule has 3 nitrogen and oxygen atoms in total. The number of carbonyl (C=O) groups is 1. The number of carboxylic acid groups (broad SMARTS) is 1. The number of hydrogen-bond donors (Lipinski definition) is 1. The van der Waals surface area contributed by atoms with Crippen LogP contribution in [0.5, 0.6) is 0 Å². The van der Waals surface area contributed by atoms with Gasteiger partial charge in [-0.05, 0) is 30.9 Å². The standard InChI is InChI=1S/C10H11NO2S/c12-10(13)9-5-8(3-4-11-9)14-6-7-1-2-7/h3-5,7H,1-2,6H2,(H,12,13). The van der Waals surface area contributed by atoms with Crippen molar-refractivity contribution in [1.29, 1.82) is 0 Å². The minimum absolute atomic E-state index is 0.130. The van der Waals surface area contributed by atoms with Crippen LogP contribution in [-0.2, 0) is 0 Å². The molecule has 2 rings (SSSR count). The summed E-state index contributed by atoms with van der Waals surface area (Å²) >= 11 is 1.72. The molecule has 0 amide bonds. The van der Waals surface area contributed by atoms with Crippen molar-refractivity contribution >= 4 is 17.7 Å². The largest absolute Gasteiger partial charge is 0.477 e. The summed E-state index contributed by atoms with van der Waals surface area (Å²) in [6.45, 7) is 0. The fourth-order valence-corrected chi connectivity index (χ4v) is 2.23. The summed E-state index contributed by atoms with van der Waals surface area (Å²) in [6.07, 6.45) is 4.20. The van der Waals surface area contributed by atoms with Gasteiger partial charge in [0.05, 0.1) is 0 Å². The van der Waals surface area contributed by atoms with Gasteiger partial charge >= 0.3 is 5.97 Å². The summed E-state index contributed by atoms with van der Waals surface area (Å²) in [4.78, 5) is 15.4. The predicted molar refractivity (Wildman–Crippen MR) is 54.6 cm³/mol. The average Bonchev–Trinajstić information content (AvgIpc) is 2.99. The molecule has 0 unspecified atom stereocenters. The zero-order valence-electron chi connectivity index (χ0n) is 7.64. The number of rotatable bonds is 4. The summed E-state index contributed by atoms with van der Waals surface area (Å²) < 4.78 is 0. The number of carboxylic acids is 1. The normalized spacial score (nSPS) is 15.4. The Kier molecular flexibility index (Phi) is 2.72. The highest BCUT2D eigenvalue weighted by atomic mass is 32.2.